The summed E-state index contributed by atoms with van der Waals surface area (Å²) in [5.41, 5.74) is 14.6. The lowest BCUT2D eigenvalue weighted by atomic mass is 10.0. The third kappa shape index (κ3) is 5.24. The molecule has 0 aliphatic rings. The Labute approximate surface area is 154 Å². The van der Waals surface area contributed by atoms with Gasteiger partial charge in [0.25, 0.3) is 0 Å². The zero-order valence-corrected chi connectivity index (χ0v) is 15.7. The molecule has 0 amide bonds. The molecule has 0 heterocycles. The van der Waals surface area contributed by atoms with Gasteiger partial charge < -0.3 is 20.9 Å². The molecule has 0 radical (unpaired) electrons. The minimum absolute atomic E-state index is 0.0843. The number of nitrogens with two attached hydrogens (primary N) is 2. The molecule has 6 nitrogen and oxygen atoms in total. The summed E-state index contributed by atoms with van der Waals surface area (Å²) in [5.74, 6) is 1.94. The first-order valence-electron chi connectivity index (χ1n) is 8.43. The summed E-state index contributed by atoms with van der Waals surface area (Å²) in [4.78, 5) is 0. The van der Waals surface area contributed by atoms with E-state index in [1.54, 1.807) is 13.3 Å². The molecule has 0 aliphatic heterocycles. The molecule has 0 bridgehead atoms. The molecule has 0 atom stereocenters. The van der Waals surface area contributed by atoms with Gasteiger partial charge in [0.05, 0.1) is 13.3 Å². The zero-order valence-electron chi connectivity index (χ0n) is 15.7. The Bertz CT molecular complexity index is 809. The van der Waals surface area contributed by atoms with Gasteiger partial charge in [-0.2, -0.15) is 5.10 Å². The van der Waals surface area contributed by atoms with Crippen LogP contribution in [0.1, 0.15) is 42.0 Å². The van der Waals surface area contributed by atoms with Gasteiger partial charge in [0, 0.05) is 5.56 Å². The van der Waals surface area contributed by atoms with Crippen molar-refractivity contribution >= 4 is 12.2 Å². The summed E-state index contributed by atoms with van der Waals surface area (Å²) in [5, 5.41) is 7.44. The monoisotopic (exact) mass is 354 g/mol. The fraction of sp³-hybridized carbons (Fsp3) is 0.300. The largest absolute Gasteiger partial charge is 0.496 e. The van der Waals surface area contributed by atoms with Crippen LogP contribution in [-0.4, -0.2) is 19.3 Å². The van der Waals surface area contributed by atoms with E-state index >= 15 is 0 Å². The number of guanidine groups is 1. The van der Waals surface area contributed by atoms with Crippen LogP contribution in [0, 0.1) is 6.92 Å². The molecule has 2 rings (SSSR count). The van der Waals surface area contributed by atoms with Gasteiger partial charge in [0.1, 0.15) is 18.1 Å². The lowest BCUT2D eigenvalue weighted by molar-refractivity contribution is 0.292. The second-order valence-corrected chi connectivity index (χ2v) is 6.33. The van der Waals surface area contributed by atoms with Crippen LogP contribution in [0.5, 0.6) is 11.5 Å². The van der Waals surface area contributed by atoms with Crippen LogP contribution >= 0.6 is 0 Å². The highest BCUT2D eigenvalue weighted by molar-refractivity contribution is 5.82. The van der Waals surface area contributed by atoms with Gasteiger partial charge in [-0.05, 0) is 53.8 Å². The molecule has 2 aromatic rings. The molecular weight excluding hydrogens is 328 g/mol. The maximum absolute atomic E-state index is 6.11. The number of aryl methyl sites for hydroxylation is 1. The standard InChI is InChI=1S/C20H26N4O2/c1-13(2)17-7-5-14(3)9-19(17)26-12-16-10-15(6-8-18(16)25-4)11-23-24-20(21)22/h5-11,13H,12H2,1-4H3,(H4,21,22,24). The Kier molecular flexibility index (Phi) is 6.60. The lowest BCUT2D eigenvalue weighted by Crippen LogP contribution is -2.21. The molecule has 0 aliphatic carbocycles. The predicted molar refractivity (Wildman–Crippen MR) is 106 cm³/mol. The van der Waals surface area contributed by atoms with E-state index in [2.05, 4.69) is 49.2 Å². The first kappa shape index (κ1) is 19.3. The molecule has 0 saturated heterocycles. The van der Waals surface area contributed by atoms with Crippen molar-refractivity contribution in [2.45, 2.75) is 33.3 Å². The quantitative estimate of drug-likeness (QED) is 0.453. The zero-order chi connectivity index (χ0) is 19.1. The number of rotatable bonds is 7. The van der Waals surface area contributed by atoms with Gasteiger partial charge in [0.2, 0.25) is 5.96 Å². The minimum atomic E-state index is -0.0843. The van der Waals surface area contributed by atoms with Crippen LogP contribution in [-0.2, 0) is 6.61 Å². The fourth-order valence-electron chi connectivity index (χ4n) is 2.55. The third-order valence-electron chi connectivity index (χ3n) is 3.86. The molecule has 138 valence electrons. The Morgan fingerprint density at radius 3 is 2.54 bits per heavy atom. The number of hydrogen-bond acceptors (Lipinski definition) is 4. The molecule has 0 unspecified atom stereocenters. The summed E-state index contributed by atoms with van der Waals surface area (Å²) < 4.78 is 11.6. The van der Waals surface area contributed by atoms with Crippen molar-refractivity contribution in [2.24, 2.45) is 21.7 Å². The van der Waals surface area contributed by atoms with Crippen molar-refractivity contribution in [3.63, 3.8) is 0 Å². The van der Waals surface area contributed by atoms with E-state index in [0.29, 0.717) is 12.5 Å². The van der Waals surface area contributed by atoms with Gasteiger partial charge in [-0.25, -0.2) is 0 Å². The smallest absolute Gasteiger partial charge is 0.211 e. The Hall–Kier alpha value is -3.02. The normalized spacial score (nSPS) is 11.0. The number of nitrogens with zero attached hydrogens (tertiary/aromatic N) is 2. The molecule has 0 aromatic heterocycles. The van der Waals surface area contributed by atoms with E-state index in [1.165, 1.54) is 5.56 Å². The van der Waals surface area contributed by atoms with Crippen molar-refractivity contribution in [1.29, 1.82) is 0 Å². The van der Waals surface area contributed by atoms with Crippen LogP contribution in [0.25, 0.3) is 0 Å². The van der Waals surface area contributed by atoms with E-state index in [0.717, 1.165) is 28.2 Å². The van der Waals surface area contributed by atoms with Crippen LogP contribution < -0.4 is 20.9 Å². The second-order valence-electron chi connectivity index (χ2n) is 6.33. The number of benzene rings is 2. The topological polar surface area (TPSA) is 95.2 Å². The van der Waals surface area contributed by atoms with E-state index < -0.39 is 0 Å². The van der Waals surface area contributed by atoms with E-state index in [-0.39, 0.29) is 5.96 Å². The van der Waals surface area contributed by atoms with Gasteiger partial charge >= 0.3 is 0 Å². The summed E-state index contributed by atoms with van der Waals surface area (Å²) in [6.07, 6.45) is 1.58. The SMILES string of the molecule is COc1ccc(C=NN=C(N)N)cc1COc1cc(C)ccc1C(C)C. The Morgan fingerprint density at radius 2 is 1.88 bits per heavy atom. The maximum atomic E-state index is 6.11. The highest BCUT2D eigenvalue weighted by Crippen LogP contribution is 2.29. The van der Waals surface area contributed by atoms with Gasteiger partial charge in [-0.15, -0.1) is 5.10 Å². The van der Waals surface area contributed by atoms with Gasteiger partial charge in [-0.1, -0.05) is 26.0 Å². The van der Waals surface area contributed by atoms with Crippen molar-refractivity contribution in [3.05, 3.63) is 58.7 Å². The van der Waals surface area contributed by atoms with E-state index in [1.807, 2.05) is 18.2 Å². The van der Waals surface area contributed by atoms with Crippen molar-refractivity contribution in [1.82, 2.24) is 0 Å². The van der Waals surface area contributed by atoms with Crippen LogP contribution in [0.15, 0.2) is 46.6 Å². The molecule has 0 fully saturated rings. The van der Waals surface area contributed by atoms with E-state index in [4.69, 9.17) is 20.9 Å². The van der Waals surface area contributed by atoms with Gasteiger partial charge in [-0.3, -0.25) is 0 Å². The molecule has 0 spiro atoms. The molecule has 0 saturated carbocycles. The molecule has 2 aromatic carbocycles. The fourth-order valence-corrected chi connectivity index (χ4v) is 2.55. The highest BCUT2D eigenvalue weighted by Gasteiger charge is 2.10. The summed E-state index contributed by atoms with van der Waals surface area (Å²) >= 11 is 0. The highest BCUT2D eigenvalue weighted by atomic mass is 16.5. The van der Waals surface area contributed by atoms with Gasteiger partial charge in [0.15, 0.2) is 0 Å². The maximum Gasteiger partial charge on any atom is 0.211 e. The minimum Gasteiger partial charge on any atom is -0.496 e. The second kappa shape index (κ2) is 8.89. The average molecular weight is 354 g/mol. The molecule has 26 heavy (non-hydrogen) atoms. The van der Waals surface area contributed by atoms with Crippen molar-refractivity contribution in [3.8, 4) is 11.5 Å². The average Bonchev–Trinajstić information content (AvgIpc) is 2.59. The van der Waals surface area contributed by atoms with Crippen molar-refractivity contribution in [2.75, 3.05) is 7.11 Å². The first-order chi connectivity index (χ1) is 12.4. The molecular formula is C20H26N4O2. The Morgan fingerprint density at radius 1 is 1.12 bits per heavy atom. The van der Waals surface area contributed by atoms with E-state index in [9.17, 15) is 0 Å². The van der Waals surface area contributed by atoms with Crippen LogP contribution in [0.3, 0.4) is 0 Å². The van der Waals surface area contributed by atoms with Crippen LogP contribution in [0.4, 0.5) is 0 Å². The predicted octanol–water partition coefficient (Wildman–Crippen LogP) is 3.31. The number of ether oxygens (including phenoxy) is 2. The summed E-state index contributed by atoms with van der Waals surface area (Å²) in [6, 6.07) is 12.0. The molecule has 6 heteroatoms. The Balaban J connectivity index is 2.24. The molecule has 4 N–H and O–H groups in total. The van der Waals surface area contributed by atoms with Crippen molar-refractivity contribution < 1.29 is 9.47 Å². The van der Waals surface area contributed by atoms with Crippen LogP contribution in [0.2, 0.25) is 0 Å². The summed E-state index contributed by atoms with van der Waals surface area (Å²) in [7, 11) is 1.64. The lowest BCUT2D eigenvalue weighted by Gasteiger charge is -2.16. The first-order valence-corrected chi connectivity index (χ1v) is 8.43. The third-order valence-corrected chi connectivity index (χ3v) is 3.86. The summed E-state index contributed by atoms with van der Waals surface area (Å²) in [6.45, 7) is 6.74. The number of hydrogen-bond donors (Lipinski definition) is 2. The number of methoxy groups -OCH3 is 1.